The summed E-state index contributed by atoms with van der Waals surface area (Å²) >= 11 is 0. The molecular formula is C15H29N3O2. The first-order valence-electron chi connectivity index (χ1n) is 7.55. The van der Waals surface area contributed by atoms with Crippen LogP contribution in [0.1, 0.15) is 47.5 Å². The molecule has 5 nitrogen and oxygen atoms in total. The van der Waals surface area contributed by atoms with Crippen molar-refractivity contribution in [1.29, 1.82) is 0 Å². The third kappa shape index (κ3) is 6.37. The van der Waals surface area contributed by atoms with E-state index in [1.54, 1.807) is 0 Å². The van der Waals surface area contributed by atoms with Crippen LogP contribution < -0.4 is 10.6 Å². The molecule has 0 aromatic heterocycles. The van der Waals surface area contributed by atoms with E-state index in [-0.39, 0.29) is 5.54 Å². The fourth-order valence-electron chi connectivity index (χ4n) is 2.59. The Morgan fingerprint density at radius 1 is 1.15 bits per heavy atom. The summed E-state index contributed by atoms with van der Waals surface area (Å²) < 4.78 is 0. The molecule has 1 saturated heterocycles. The second-order valence-electron chi connectivity index (χ2n) is 6.87. The zero-order valence-electron chi connectivity index (χ0n) is 13.5. The molecule has 116 valence electrons. The van der Waals surface area contributed by atoms with Crippen molar-refractivity contribution < 1.29 is 9.59 Å². The van der Waals surface area contributed by atoms with E-state index < -0.39 is 11.8 Å². The molecule has 5 heteroatoms. The summed E-state index contributed by atoms with van der Waals surface area (Å²) in [6.07, 6.45) is 1.73. The lowest BCUT2D eigenvalue weighted by atomic mass is 9.93. The molecule has 0 saturated carbocycles. The van der Waals surface area contributed by atoms with Crippen molar-refractivity contribution in [3.8, 4) is 0 Å². The van der Waals surface area contributed by atoms with E-state index in [1.165, 1.54) is 0 Å². The average molecular weight is 283 g/mol. The normalized spacial score (nSPS) is 16.9. The van der Waals surface area contributed by atoms with Gasteiger partial charge in [-0.25, -0.2) is 0 Å². The Morgan fingerprint density at radius 2 is 1.75 bits per heavy atom. The van der Waals surface area contributed by atoms with Crippen LogP contribution in [0, 0.1) is 5.92 Å². The fraction of sp³-hybridized carbons (Fsp3) is 0.867. The van der Waals surface area contributed by atoms with Crippen LogP contribution in [0.25, 0.3) is 0 Å². The van der Waals surface area contributed by atoms with E-state index in [0.29, 0.717) is 18.5 Å². The molecule has 1 aliphatic rings. The Balaban J connectivity index is 2.25. The highest BCUT2D eigenvalue weighted by Gasteiger charge is 2.26. The number of nitrogens with zero attached hydrogens (tertiary/aromatic N) is 1. The summed E-state index contributed by atoms with van der Waals surface area (Å²) in [5.41, 5.74) is -0.352. The zero-order chi connectivity index (χ0) is 15.3. The maximum Gasteiger partial charge on any atom is 0.309 e. The Bertz CT molecular complexity index is 349. The van der Waals surface area contributed by atoms with E-state index in [9.17, 15) is 9.59 Å². The Hall–Kier alpha value is -1.10. The lowest BCUT2D eigenvalue weighted by Crippen LogP contribution is -2.50. The maximum atomic E-state index is 11.8. The lowest BCUT2D eigenvalue weighted by Gasteiger charge is -2.27. The number of nitrogens with one attached hydrogen (secondary N) is 2. The topological polar surface area (TPSA) is 61.2 Å². The average Bonchev–Trinajstić information content (AvgIpc) is 3.09. The minimum absolute atomic E-state index is 0.352. The summed E-state index contributed by atoms with van der Waals surface area (Å²) in [5, 5.41) is 5.49. The summed E-state index contributed by atoms with van der Waals surface area (Å²) in [7, 11) is 0. The summed E-state index contributed by atoms with van der Waals surface area (Å²) in [5.74, 6) is -0.586. The molecule has 0 aromatic carbocycles. The Kier molecular flexibility index (Phi) is 5.99. The van der Waals surface area contributed by atoms with E-state index in [1.807, 2.05) is 13.8 Å². The van der Waals surface area contributed by atoms with Crippen LogP contribution in [0.2, 0.25) is 0 Å². The minimum Gasteiger partial charge on any atom is -0.348 e. The Morgan fingerprint density at radius 3 is 2.25 bits per heavy atom. The van der Waals surface area contributed by atoms with Gasteiger partial charge in [0.15, 0.2) is 0 Å². The third-order valence-corrected chi connectivity index (χ3v) is 3.53. The van der Waals surface area contributed by atoms with E-state index >= 15 is 0 Å². The van der Waals surface area contributed by atoms with Crippen LogP contribution in [-0.2, 0) is 9.59 Å². The predicted molar refractivity (Wildman–Crippen MR) is 80.3 cm³/mol. The fourth-order valence-corrected chi connectivity index (χ4v) is 2.59. The summed E-state index contributed by atoms with van der Waals surface area (Å²) in [6, 6.07) is 0.482. The molecular weight excluding hydrogens is 254 g/mol. The van der Waals surface area contributed by atoms with Crippen LogP contribution in [-0.4, -0.2) is 47.9 Å². The standard InChI is InChI=1S/C15H29N3O2/c1-11(2)10-15(4,5)17-14(20)13(19)16-7-6-12(3)18-8-9-18/h11-12H,6-10H2,1-5H3,(H,16,19)(H,17,20). The molecule has 2 N–H and O–H groups in total. The van der Waals surface area contributed by atoms with E-state index in [2.05, 4.69) is 36.3 Å². The van der Waals surface area contributed by atoms with Crippen LogP contribution >= 0.6 is 0 Å². The molecule has 0 aliphatic carbocycles. The number of amides is 2. The van der Waals surface area contributed by atoms with Gasteiger partial charge in [0.05, 0.1) is 0 Å². The van der Waals surface area contributed by atoms with Crippen molar-refractivity contribution in [3.05, 3.63) is 0 Å². The first-order chi connectivity index (χ1) is 9.21. The molecule has 0 radical (unpaired) electrons. The quantitative estimate of drug-likeness (QED) is 0.544. The van der Waals surface area contributed by atoms with Crippen LogP contribution in [0.5, 0.6) is 0 Å². The Labute approximate surface area is 122 Å². The molecule has 1 unspecified atom stereocenters. The van der Waals surface area contributed by atoms with Crippen molar-refractivity contribution in [2.75, 3.05) is 19.6 Å². The first kappa shape index (κ1) is 17.0. The van der Waals surface area contributed by atoms with Crippen molar-refractivity contribution in [2.24, 2.45) is 5.92 Å². The number of carbonyl (C=O) groups is 2. The van der Waals surface area contributed by atoms with Gasteiger partial charge < -0.3 is 10.6 Å². The second-order valence-corrected chi connectivity index (χ2v) is 6.87. The third-order valence-electron chi connectivity index (χ3n) is 3.53. The number of carbonyl (C=O) groups excluding carboxylic acids is 2. The van der Waals surface area contributed by atoms with E-state index in [4.69, 9.17) is 0 Å². The van der Waals surface area contributed by atoms with Gasteiger partial charge in [-0.1, -0.05) is 13.8 Å². The molecule has 1 aliphatic heterocycles. The van der Waals surface area contributed by atoms with Gasteiger partial charge in [-0.15, -0.1) is 0 Å². The second kappa shape index (κ2) is 7.07. The van der Waals surface area contributed by atoms with Crippen molar-refractivity contribution in [1.82, 2.24) is 15.5 Å². The van der Waals surface area contributed by atoms with Gasteiger partial charge in [0.1, 0.15) is 0 Å². The zero-order valence-corrected chi connectivity index (χ0v) is 13.5. The highest BCUT2D eigenvalue weighted by Crippen LogP contribution is 2.15. The largest absolute Gasteiger partial charge is 0.348 e. The summed E-state index contributed by atoms with van der Waals surface area (Å²) in [4.78, 5) is 25.9. The first-order valence-corrected chi connectivity index (χ1v) is 7.55. The SMILES string of the molecule is CC(C)CC(C)(C)NC(=O)C(=O)NCCC(C)N1CC1. The van der Waals surface area contributed by atoms with Crippen LogP contribution in [0.4, 0.5) is 0 Å². The number of hydrogen-bond acceptors (Lipinski definition) is 3. The lowest BCUT2D eigenvalue weighted by molar-refractivity contribution is -0.140. The minimum atomic E-state index is -0.532. The molecule has 0 aromatic rings. The van der Waals surface area contributed by atoms with E-state index in [0.717, 1.165) is 25.9 Å². The van der Waals surface area contributed by atoms with Gasteiger partial charge in [-0.05, 0) is 39.5 Å². The molecule has 1 heterocycles. The highest BCUT2D eigenvalue weighted by molar-refractivity contribution is 6.35. The van der Waals surface area contributed by atoms with Gasteiger partial charge in [0.25, 0.3) is 0 Å². The van der Waals surface area contributed by atoms with Gasteiger partial charge in [0, 0.05) is 31.2 Å². The summed E-state index contributed by atoms with van der Waals surface area (Å²) in [6.45, 7) is 13.1. The molecule has 0 spiro atoms. The molecule has 2 amide bonds. The van der Waals surface area contributed by atoms with Crippen LogP contribution in [0.3, 0.4) is 0 Å². The van der Waals surface area contributed by atoms with Crippen LogP contribution in [0.15, 0.2) is 0 Å². The predicted octanol–water partition coefficient (Wildman–Crippen LogP) is 1.14. The van der Waals surface area contributed by atoms with Gasteiger partial charge in [-0.2, -0.15) is 0 Å². The van der Waals surface area contributed by atoms with Crippen molar-refractivity contribution in [3.63, 3.8) is 0 Å². The van der Waals surface area contributed by atoms with Gasteiger partial charge >= 0.3 is 11.8 Å². The number of rotatable bonds is 7. The molecule has 0 bridgehead atoms. The van der Waals surface area contributed by atoms with Gasteiger partial charge in [0.2, 0.25) is 0 Å². The monoisotopic (exact) mass is 283 g/mol. The number of hydrogen-bond donors (Lipinski definition) is 2. The molecule has 20 heavy (non-hydrogen) atoms. The maximum absolute atomic E-state index is 11.8. The molecule has 1 atom stereocenters. The molecule has 1 fully saturated rings. The van der Waals surface area contributed by atoms with Crippen molar-refractivity contribution in [2.45, 2.75) is 59.0 Å². The van der Waals surface area contributed by atoms with Gasteiger partial charge in [-0.3, -0.25) is 14.5 Å². The smallest absolute Gasteiger partial charge is 0.309 e. The molecule has 1 rings (SSSR count). The highest BCUT2D eigenvalue weighted by atomic mass is 16.2. The van der Waals surface area contributed by atoms with Crippen molar-refractivity contribution >= 4 is 11.8 Å².